The molecule has 1 N–H and O–H groups in total. The van der Waals surface area contributed by atoms with Gasteiger partial charge in [-0.3, -0.25) is 0 Å². The van der Waals surface area contributed by atoms with Crippen molar-refractivity contribution in [2.45, 2.75) is 64.2 Å². The van der Waals surface area contributed by atoms with Gasteiger partial charge in [0.25, 0.3) is 0 Å². The molecule has 0 aliphatic heterocycles. The Hall–Kier alpha value is -0.0900. The molecule has 0 unspecified atom stereocenters. The van der Waals surface area contributed by atoms with E-state index in [-0.39, 0.29) is 11.0 Å². The summed E-state index contributed by atoms with van der Waals surface area (Å²) in [5.41, 5.74) is 0. The second-order valence-corrected chi connectivity index (χ2v) is 8.23. The first-order valence-corrected chi connectivity index (χ1v) is 8.60. The number of hydrogen-bond acceptors (Lipinski definition) is 3. The molecule has 1 aliphatic carbocycles. The van der Waals surface area contributed by atoms with Crippen LogP contribution in [0, 0.1) is 5.92 Å². The first-order valence-electron chi connectivity index (χ1n) is 6.88. The van der Waals surface area contributed by atoms with Gasteiger partial charge in [-0.25, -0.2) is 8.42 Å². The molecule has 1 rings (SSSR count). The van der Waals surface area contributed by atoms with Crippen LogP contribution in [-0.2, 0) is 9.84 Å². The smallest absolute Gasteiger partial charge is 0.153 e. The van der Waals surface area contributed by atoms with Crippen molar-refractivity contribution < 1.29 is 8.42 Å². The Kier molecular flexibility index (Phi) is 5.93. The van der Waals surface area contributed by atoms with Crippen LogP contribution in [0.3, 0.4) is 0 Å². The van der Waals surface area contributed by atoms with Crippen molar-refractivity contribution in [2.75, 3.05) is 12.3 Å². The molecule has 0 aromatic carbocycles. The third-order valence-electron chi connectivity index (χ3n) is 3.93. The van der Waals surface area contributed by atoms with Crippen LogP contribution >= 0.6 is 0 Å². The Balaban J connectivity index is 2.26. The summed E-state index contributed by atoms with van der Waals surface area (Å²) in [7, 11) is -2.89. The maximum atomic E-state index is 11.6. The van der Waals surface area contributed by atoms with Crippen molar-refractivity contribution in [1.29, 1.82) is 0 Å². The summed E-state index contributed by atoms with van der Waals surface area (Å²) >= 11 is 0. The van der Waals surface area contributed by atoms with E-state index in [4.69, 9.17) is 0 Å². The fourth-order valence-electron chi connectivity index (χ4n) is 2.47. The molecule has 1 saturated carbocycles. The zero-order valence-corrected chi connectivity index (χ0v) is 12.2. The van der Waals surface area contributed by atoms with E-state index in [9.17, 15) is 8.42 Å². The van der Waals surface area contributed by atoms with Gasteiger partial charge in [0.1, 0.15) is 0 Å². The molecule has 0 aromatic rings. The van der Waals surface area contributed by atoms with Gasteiger partial charge < -0.3 is 5.32 Å². The summed E-state index contributed by atoms with van der Waals surface area (Å²) < 4.78 is 23.3. The monoisotopic (exact) mass is 261 g/mol. The molecular formula is C13H27NO2S. The third-order valence-corrected chi connectivity index (χ3v) is 6.14. The molecule has 1 aliphatic rings. The van der Waals surface area contributed by atoms with E-state index in [0.29, 0.717) is 12.6 Å². The highest BCUT2D eigenvalue weighted by Gasteiger charge is 2.21. The van der Waals surface area contributed by atoms with Crippen LogP contribution in [0.4, 0.5) is 0 Å². The molecule has 0 heterocycles. The van der Waals surface area contributed by atoms with Gasteiger partial charge in [0.05, 0.1) is 11.0 Å². The summed E-state index contributed by atoms with van der Waals surface area (Å²) in [6, 6.07) is 0.456. The predicted octanol–water partition coefficient (Wildman–Crippen LogP) is 2.37. The average Bonchev–Trinajstić information content (AvgIpc) is 2.29. The summed E-state index contributed by atoms with van der Waals surface area (Å²) in [6.07, 6.45) is 6.63. The first-order chi connectivity index (χ1) is 7.93. The first kappa shape index (κ1) is 15.0. The lowest BCUT2D eigenvalue weighted by molar-refractivity contribution is 0.285. The average molecular weight is 261 g/mol. The Morgan fingerprint density at radius 3 is 2.24 bits per heavy atom. The summed E-state index contributed by atoms with van der Waals surface area (Å²) in [5, 5.41) is 3.13. The maximum absolute atomic E-state index is 11.6. The van der Waals surface area contributed by atoms with Crippen LogP contribution in [-0.4, -0.2) is 32.0 Å². The molecule has 3 nitrogen and oxygen atoms in total. The Morgan fingerprint density at radius 1 is 1.12 bits per heavy atom. The van der Waals surface area contributed by atoms with Gasteiger partial charge in [0.15, 0.2) is 9.84 Å². The zero-order valence-electron chi connectivity index (χ0n) is 11.4. The largest absolute Gasteiger partial charge is 0.313 e. The summed E-state index contributed by atoms with van der Waals surface area (Å²) in [5.74, 6) is 1.01. The molecule has 0 saturated heterocycles. The lowest BCUT2D eigenvalue weighted by Gasteiger charge is -2.28. The van der Waals surface area contributed by atoms with Gasteiger partial charge in [-0.1, -0.05) is 19.3 Å². The summed E-state index contributed by atoms with van der Waals surface area (Å²) in [6.45, 7) is 6.29. The van der Waals surface area contributed by atoms with Crippen LogP contribution in [0.25, 0.3) is 0 Å². The fraction of sp³-hybridized carbons (Fsp3) is 1.00. The van der Waals surface area contributed by atoms with E-state index >= 15 is 0 Å². The Bertz CT molecular complexity index is 305. The number of nitrogens with one attached hydrogen (secondary N) is 1. The van der Waals surface area contributed by atoms with E-state index in [2.05, 4.69) is 12.2 Å². The van der Waals surface area contributed by atoms with Crippen molar-refractivity contribution >= 4 is 9.84 Å². The van der Waals surface area contributed by atoms with Gasteiger partial charge in [0, 0.05) is 12.6 Å². The van der Waals surface area contributed by atoms with Gasteiger partial charge in [0.2, 0.25) is 0 Å². The SMILES string of the molecule is CC(C)S(=O)(=O)CCN[C@H](C)C1CCCCC1. The van der Waals surface area contributed by atoms with Crippen LogP contribution < -0.4 is 5.32 Å². The lowest BCUT2D eigenvalue weighted by atomic mass is 9.84. The molecule has 0 aromatic heterocycles. The van der Waals surface area contributed by atoms with Crippen LogP contribution in [0.1, 0.15) is 52.9 Å². The molecule has 1 fully saturated rings. The van der Waals surface area contributed by atoms with Crippen LogP contribution in [0.15, 0.2) is 0 Å². The minimum absolute atomic E-state index is 0.255. The molecule has 0 amide bonds. The molecule has 0 bridgehead atoms. The van der Waals surface area contributed by atoms with E-state index in [1.54, 1.807) is 13.8 Å². The van der Waals surface area contributed by atoms with Crippen molar-refractivity contribution in [1.82, 2.24) is 5.32 Å². The number of rotatable bonds is 6. The topological polar surface area (TPSA) is 46.2 Å². The van der Waals surface area contributed by atoms with Crippen molar-refractivity contribution in [2.24, 2.45) is 5.92 Å². The predicted molar refractivity (Wildman–Crippen MR) is 73.0 cm³/mol. The van der Waals surface area contributed by atoms with E-state index in [1.807, 2.05) is 0 Å². The summed E-state index contributed by atoms with van der Waals surface area (Å²) in [4.78, 5) is 0. The molecule has 102 valence electrons. The highest BCUT2D eigenvalue weighted by Crippen LogP contribution is 2.26. The molecule has 17 heavy (non-hydrogen) atoms. The van der Waals surface area contributed by atoms with E-state index < -0.39 is 9.84 Å². The molecular weight excluding hydrogens is 234 g/mol. The van der Waals surface area contributed by atoms with Gasteiger partial charge >= 0.3 is 0 Å². The van der Waals surface area contributed by atoms with E-state index in [0.717, 1.165) is 5.92 Å². The van der Waals surface area contributed by atoms with Crippen molar-refractivity contribution in [3.8, 4) is 0 Å². The normalized spacial score (nSPS) is 20.7. The second-order valence-electron chi connectivity index (χ2n) is 5.56. The highest BCUT2D eigenvalue weighted by molar-refractivity contribution is 7.92. The number of sulfone groups is 1. The molecule has 4 heteroatoms. The minimum atomic E-state index is -2.89. The van der Waals surface area contributed by atoms with Crippen molar-refractivity contribution in [3.63, 3.8) is 0 Å². The second kappa shape index (κ2) is 6.74. The lowest BCUT2D eigenvalue weighted by Crippen LogP contribution is -2.38. The third kappa shape index (κ3) is 4.96. The molecule has 0 radical (unpaired) electrons. The van der Waals surface area contributed by atoms with Crippen molar-refractivity contribution in [3.05, 3.63) is 0 Å². The highest BCUT2D eigenvalue weighted by atomic mass is 32.2. The molecule has 1 atom stereocenters. The van der Waals surface area contributed by atoms with Gasteiger partial charge in [-0.15, -0.1) is 0 Å². The maximum Gasteiger partial charge on any atom is 0.153 e. The Morgan fingerprint density at radius 2 is 1.71 bits per heavy atom. The van der Waals surface area contributed by atoms with E-state index in [1.165, 1.54) is 32.1 Å². The van der Waals surface area contributed by atoms with Gasteiger partial charge in [-0.2, -0.15) is 0 Å². The minimum Gasteiger partial charge on any atom is -0.313 e. The zero-order chi connectivity index (χ0) is 12.9. The van der Waals surface area contributed by atoms with Crippen LogP contribution in [0.5, 0.6) is 0 Å². The van der Waals surface area contributed by atoms with Gasteiger partial charge in [-0.05, 0) is 39.5 Å². The quantitative estimate of drug-likeness (QED) is 0.798. The van der Waals surface area contributed by atoms with Crippen LogP contribution in [0.2, 0.25) is 0 Å². The number of hydrogen-bond donors (Lipinski definition) is 1. The molecule has 0 spiro atoms. The standard InChI is InChI=1S/C13H27NO2S/c1-11(2)17(15,16)10-9-14-12(3)13-7-5-4-6-8-13/h11-14H,4-10H2,1-3H3/t12-/m1/s1. The fourth-order valence-corrected chi connectivity index (χ4v) is 3.34. The Labute approximate surface area is 106 Å².